The maximum atomic E-state index is 13.5. The van der Waals surface area contributed by atoms with E-state index in [0.717, 1.165) is 59.9 Å². The molecule has 0 radical (unpaired) electrons. The number of carbonyl (C=O) groups excluding carboxylic acids is 3. The molecule has 0 bridgehead atoms. The Hall–Kier alpha value is -3.43. The quantitative estimate of drug-likeness (QED) is 0.325. The minimum atomic E-state index is -0.646. The van der Waals surface area contributed by atoms with Gasteiger partial charge in [0.2, 0.25) is 11.8 Å². The van der Waals surface area contributed by atoms with Crippen molar-refractivity contribution in [2.24, 2.45) is 22.7 Å². The van der Waals surface area contributed by atoms with E-state index in [1.165, 1.54) is 12.0 Å². The van der Waals surface area contributed by atoms with E-state index in [9.17, 15) is 14.4 Å². The number of hydrogen-bond acceptors (Lipinski definition) is 8. The van der Waals surface area contributed by atoms with Crippen molar-refractivity contribution in [1.82, 2.24) is 25.1 Å². The van der Waals surface area contributed by atoms with Crippen LogP contribution >= 0.6 is 23.5 Å². The van der Waals surface area contributed by atoms with Crippen molar-refractivity contribution in [3.05, 3.63) is 46.5 Å². The van der Waals surface area contributed by atoms with E-state index in [1.54, 1.807) is 11.8 Å². The number of aromatic amines is 1. The third-order valence-corrected chi connectivity index (χ3v) is 12.7. The Bertz CT molecular complexity index is 1630. The van der Waals surface area contributed by atoms with Gasteiger partial charge in [-0.3, -0.25) is 14.6 Å². The second-order valence-electron chi connectivity index (χ2n) is 13.9. The van der Waals surface area contributed by atoms with Gasteiger partial charge in [-0.05, 0) is 43.6 Å². The summed E-state index contributed by atoms with van der Waals surface area (Å²) < 4.78 is 4.75. The fraction of sp³-hybridized carbons (Fsp3) is 0.583. The summed E-state index contributed by atoms with van der Waals surface area (Å²) in [6, 6.07) is -0.716. The number of likely N-dealkylation sites (tertiary alicyclic amines) is 2. The zero-order chi connectivity index (χ0) is 34.1. The number of amides is 3. The molecule has 6 atom stereocenters. The van der Waals surface area contributed by atoms with Gasteiger partial charge in [-0.15, -0.1) is 23.5 Å². The molecule has 1 aromatic heterocycles. The van der Waals surface area contributed by atoms with Crippen molar-refractivity contribution >= 4 is 52.0 Å². The highest BCUT2D eigenvalue weighted by Gasteiger charge is 2.39. The van der Waals surface area contributed by atoms with Gasteiger partial charge in [-0.1, -0.05) is 52.5 Å². The highest BCUT2D eigenvalue weighted by molar-refractivity contribution is 8.12. The van der Waals surface area contributed by atoms with Gasteiger partial charge in [-0.25, -0.2) is 9.78 Å². The fourth-order valence-corrected chi connectivity index (χ4v) is 9.62. The standard InChI is InChI=1S/C36H46N6O4S2/c1-20(2)22(5)34(43)42-14-8-10-28(42)33-38-19-26(39-33)29-17-31-30(48-29)16-24(47-31)12-11-23-15-25(37-18-23)27-9-7-13-41(27)35(44)32(21(3)4)40-36(45)46-6/h16-22,27-28,30-32H,7-10,13-15H2,1-6H3,(H,38,39)(H,40,45)/t22-,27?,28-,30?,31?,32-/m0/s1. The number of thioether (sulfide) groups is 2. The van der Waals surface area contributed by atoms with Gasteiger partial charge in [0.25, 0.3) is 0 Å². The maximum Gasteiger partial charge on any atom is 0.407 e. The predicted octanol–water partition coefficient (Wildman–Crippen LogP) is 5.92. The van der Waals surface area contributed by atoms with Gasteiger partial charge in [0.15, 0.2) is 0 Å². The molecule has 12 heteroatoms. The third kappa shape index (κ3) is 7.13. The number of methoxy groups -OCH3 is 1. The SMILES string of the molecule is COC(=O)N[C@H](C(=O)N1CCCC1C1=NC=C(C#CC2=CC3SC(c4cnc([C@@H]5CCCN5C(=O)[C@@H](C)C(C)C)[nH]4)=CC3S2)C1)C(C)C. The molecule has 10 nitrogen and oxygen atoms in total. The van der Waals surface area contributed by atoms with Crippen molar-refractivity contribution in [3.8, 4) is 11.8 Å². The van der Waals surface area contributed by atoms with Gasteiger partial charge < -0.3 is 24.8 Å². The van der Waals surface area contributed by atoms with E-state index >= 15 is 0 Å². The number of H-pyrrole nitrogens is 1. The summed E-state index contributed by atoms with van der Waals surface area (Å²) in [7, 11) is 1.30. The first-order valence-corrected chi connectivity index (χ1v) is 18.8. The number of alkyl carbamates (subject to hydrolysis) is 1. The lowest BCUT2D eigenvalue weighted by atomic mass is 9.96. The van der Waals surface area contributed by atoms with Crippen molar-refractivity contribution < 1.29 is 19.1 Å². The van der Waals surface area contributed by atoms with Crippen LogP contribution in [0.1, 0.15) is 84.3 Å². The summed E-state index contributed by atoms with van der Waals surface area (Å²) in [5.74, 6) is 7.98. The largest absolute Gasteiger partial charge is 0.453 e. The number of fused-ring (bicyclic) bond motifs is 1. The number of aromatic nitrogens is 2. The summed E-state index contributed by atoms with van der Waals surface area (Å²) >= 11 is 3.62. The summed E-state index contributed by atoms with van der Waals surface area (Å²) in [5.41, 5.74) is 2.92. The topological polar surface area (TPSA) is 120 Å². The number of imidazole rings is 1. The number of ether oxygens (including phenoxy) is 1. The number of carbonyl (C=O) groups is 3. The predicted molar refractivity (Wildman–Crippen MR) is 192 cm³/mol. The number of nitrogens with one attached hydrogen (secondary N) is 2. The lowest BCUT2D eigenvalue weighted by molar-refractivity contribution is -0.137. The Labute approximate surface area is 292 Å². The molecule has 6 heterocycles. The Morgan fingerprint density at radius 2 is 1.67 bits per heavy atom. The molecule has 0 aliphatic carbocycles. The Morgan fingerprint density at radius 3 is 2.35 bits per heavy atom. The average Bonchev–Trinajstić information content (AvgIpc) is 3.90. The minimum absolute atomic E-state index is 0.00215. The molecule has 2 N–H and O–H groups in total. The Balaban J connectivity index is 1.02. The number of allylic oxidation sites excluding steroid dienone is 2. The van der Waals surface area contributed by atoms with Crippen LogP contribution in [0.15, 0.2) is 40.0 Å². The van der Waals surface area contributed by atoms with Gasteiger partial charge in [0.05, 0.1) is 36.0 Å². The summed E-state index contributed by atoms with van der Waals surface area (Å²) in [5, 5.41) is 3.33. The zero-order valence-corrected chi connectivity index (χ0v) is 30.2. The maximum absolute atomic E-state index is 13.5. The molecular weight excluding hydrogens is 645 g/mol. The number of aliphatic imine (C=N–C) groups is 1. The minimum Gasteiger partial charge on any atom is -0.453 e. The summed E-state index contributed by atoms with van der Waals surface area (Å²) in [4.78, 5) is 57.6. The van der Waals surface area contributed by atoms with Crippen molar-refractivity contribution in [1.29, 1.82) is 0 Å². The van der Waals surface area contributed by atoms with Crippen LogP contribution in [0.25, 0.3) is 4.91 Å². The number of nitrogens with zero attached hydrogens (tertiary/aromatic N) is 4. The molecule has 2 fully saturated rings. The zero-order valence-electron chi connectivity index (χ0n) is 28.6. The van der Waals surface area contributed by atoms with E-state index in [2.05, 4.69) is 48.1 Å². The highest BCUT2D eigenvalue weighted by Crippen LogP contribution is 2.50. The van der Waals surface area contributed by atoms with Crippen LogP contribution in [-0.2, 0) is 14.3 Å². The molecule has 6 rings (SSSR count). The van der Waals surface area contributed by atoms with Crippen LogP contribution < -0.4 is 5.32 Å². The first-order chi connectivity index (χ1) is 23.0. The Morgan fingerprint density at radius 1 is 0.958 bits per heavy atom. The van der Waals surface area contributed by atoms with Crippen molar-refractivity contribution in [2.45, 2.75) is 95.3 Å². The van der Waals surface area contributed by atoms with Gasteiger partial charge in [-0.2, -0.15) is 0 Å². The molecule has 5 aliphatic heterocycles. The fourth-order valence-electron chi connectivity index (χ4n) is 6.90. The van der Waals surface area contributed by atoms with Crippen LogP contribution in [0.4, 0.5) is 4.79 Å². The second-order valence-corrected chi connectivity index (χ2v) is 16.3. The monoisotopic (exact) mass is 690 g/mol. The smallest absolute Gasteiger partial charge is 0.407 e. The van der Waals surface area contributed by atoms with Gasteiger partial charge in [0, 0.05) is 58.3 Å². The molecule has 0 saturated carbocycles. The van der Waals surface area contributed by atoms with Crippen LogP contribution in [0.3, 0.4) is 0 Å². The van der Waals surface area contributed by atoms with Crippen LogP contribution in [0, 0.1) is 29.6 Å². The summed E-state index contributed by atoms with van der Waals surface area (Å²) in [6.45, 7) is 11.5. The van der Waals surface area contributed by atoms with E-state index in [0.29, 0.717) is 29.4 Å². The second kappa shape index (κ2) is 14.6. The van der Waals surface area contributed by atoms with E-state index < -0.39 is 12.1 Å². The van der Waals surface area contributed by atoms with Crippen LogP contribution in [-0.4, -0.2) is 86.2 Å². The molecule has 1 aromatic rings. The third-order valence-electron chi connectivity index (χ3n) is 10.00. The van der Waals surface area contributed by atoms with Crippen LogP contribution in [0.2, 0.25) is 0 Å². The first-order valence-electron chi connectivity index (χ1n) is 17.1. The van der Waals surface area contributed by atoms with E-state index in [1.807, 2.05) is 54.7 Å². The number of hydrogen-bond donors (Lipinski definition) is 2. The lowest BCUT2D eigenvalue weighted by Crippen LogP contribution is -2.53. The normalized spacial score (nSPS) is 26.1. The molecule has 2 saturated heterocycles. The molecule has 0 spiro atoms. The molecule has 256 valence electrons. The van der Waals surface area contributed by atoms with Crippen molar-refractivity contribution in [2.75, 3.05) is 20.2 Å². The molecule has 5 aliphatic rings. The Kier molecular flexibility index (Phi) is 10.5. The van der Waals surface area contributed by atoms with Crippen molar-refractivity contribution in [3.63, 3.8) is 0 Å². The van der Waals surface area contributed by atoms with E-state index in [-0.39, 0.29) is 35.7 Å². The van der Waals surface area contributed by atoms with Gasteiger partial charge in [0.1, 0.15) is 11.9 Å². The van der Waals surface area contributed by atoms with E-state index in [4.69, 9.17) is 14.7 Å². The molecule has 3 amide bonds. The lowest BCUT2D eigenvalue weighted by Gasteiger charge is -2.31. The average molecular weight is 691 g/mol. The molecule has 3 unspecified atom stereocenters. The molecule has 48 heavy (non-hydrogen) atoms. The molecular formula is C36H46N6O4S2. The van der Waals surface area contributed by atoms with Gasteiger partial charge >= 0.3 is 6.09 Å². The van der Waals surface area contributed by atoms with Crippen LogP contribution in [0.5, 0.6) is 0 Å². The number of rotatable bonds is 8. The highest BCUT2D eigenvalue weighted by atomic mass is 32.2. The summed E-state index contributed by atoms with van der Waals surface area (Å²) in [6.07, 6.45) is 12.0. The molecule has 0 aromatic carbocycles. The first kappa shape index (κ1) is 34.4.